The molecule has 1 amide bonds. The first-order chi connectivity index (χ1) is 13.1. The summed E-state index contributed by atoms with van der Waals surface area (Å²) in [5.74, 6) is -0.673. The number of esters is 1. The molecule has 3 heterocycles. The van der Waals surface area contributed by atoms with E-state index < -0.39 is 0 Å². The lowest BCUT2D eigenvalue weighted by Gasteiger charge is -2.22. The molecule has 6 nitrogen and oxygen atoms in total. The third kappa shape index (κ3) is 3.47. The first-order valence-electron chi connectivity index (χ1n) is 8.74. The third-order valence-electron chi connectivity index (χ3n) is 4.44. The van der Waals surface area contributed by atoms with Gasteiger partial charge in [0, 0.05) is 18.0 Å². The van der Waals surface area contributed by atoms with Gasteiger partial charge in [-0.3, -0.25) is 4.79 Å². The molecular weight excluding hydrogens is 382 g/mol. The number of hydrogen-bond acceptors (Lipinski definition) is 7. The molecular formula is C19H19N3O3S2. The van der Waals surface area contributed by atoms with Crippen LogP contribution in [-0.4, -0.2) is 42.0 Å². The lowest BCUT2D eigenvalue weighted by atomic mass is 10.0. The fourth-order valence-electron chi connectivity index (χ4n) is 3.16. The number of likely N-dealkylation sites (N-methyl/N-ethyl adjacent to an activating group) is 1. The second-order valence-electron chi connectivity index (χ2n) is 6.36. The predicted octanol–water partition coefficient (Wildman–Crippen LogP) is 3.77. The van der Waals surface area contributed by atoms with Crippen molar-refractivity contribution < 1.29 is 14.3 Å². The standard InChI is InChI=1S/C19H19N3O3S2/c1-3-25-19(24)15-11-8-9-22(2)10-14(11)27-17(15)21-16(23)18-20-12-6-4-5-7-13(12)26-18/h4-7H,3,8-10H2,1-2H3,(H,21,23). The molecule has 8 heteroatoms. The van der Waals surface area contributed by atoms with Crippen molar-refractivity contribution in [3.05, 3.63) is 45.3 Å². The number of para-hydroxylation sites is 1. The van der Waals surface area contributed by atoms with Gasteiger partial charge in [0.05, 0.1) is 22.4 Å². The lowest BCUT2D eigenvalue weighted by Crippen LogP contribution is -2.26. The minimum Gasteiger partial charge on any atom is -0.462 e. The first kappa shape index (κ1) is 18.1. The van der Waals surface area contributed by atoms with Gasteiger partial charge in [0.25, 0.3) is 5.91 Å². The Balaban J connectivity index is 1.68. The van der Waals surface area contributed by atoms with Crippen molar-refractivity contribution in [2.45, 2.75) is 19.9 Å². The highest BCUT2D eigenvalue weighted by molar-refractivity contribution is 7.20. The molecule has 0 unspecified atom stereocenters. The summed E-state index contributed by atoms with van der Waals surface area (Å²) in [7, 11) is 2.05. The van der Waals surface area contributed by atoms with Gasteiger partial charge in [-0.1, -0.05) is 12.1 Å². The SMILES string of the molecule is CCOC(=O)c1c(NC(=O)c2nc3ccccc3s2)sc2c1CCN(C)C2. The van der Waals surface area contributed by atoms with E-state index in [1.54, 1.807) is 6.92 Å². The maximum atomic E-state index is 12.8. The van der Waals surface area contributed by atoms with Gasteiger partial charge in [0.1, 0.15) is 5.00 Å². The summed E-state index contributed by atoms with van der Waals surface area (Å²) >= 11 is 2.79. The van der Waals surface area contributed by atoms with E-state index in [1.807, 2.05) is 31.3 Å². The number of thiazole rings is 1. The molecule has 0 atom stereocenters. The maximum Gasteiger partial charge on any atom is 0.341 e. The Kier molecular flexibility index (Phi) is 4.94. The highest BCUT2D eigenvalue weighted by Gasteiger charge is 2.29. The Morgan fingerprint density at radius 3 is 2.89 bits per heavy atom. The van der Waals surface area contributed by atoms with E-state index in [9.17, 15) is 9.59 Å². The van der Waals surface area contributed by atoms with E-state index in [4.69, 9.17) is 4.74 Å². The van der Waals surface area contributed by atoms with E-state index in [2.05, 4.69) is 15.2 Å². The molecule has 0 saturated heterocycles. The van der Waals surface area contributed by atoms with Crippen LogP contribution >= 0.6 is 22.7 Å². The fraction of sp³-hybridized carbons (Fsp3) is 0.316. The van der Waals surface area contributed by atoms with Crippen LogP contribution in [0.3, 0.4) is 0 Å². The number of hydrogen-bond donors (Lipinski definition) is 1. The number of anilines is 1. The van der Waals surface area contributed by atoms with Gasteiger partial charge < -0.3 is 15.0 Å². The van der Waals surface area contributed by atoms with Gasteiger partial charge in [-0.2, -0.15) is 0 Å². The summed E-state index contributed by atoms with van der Waals surface area (Å²) in [4.78, 5) is 33.0. The summed E-state index contributed by atoms with van der Waals surface area (Å²) in [6.07, 6.45) is 0.771. The first-order valence-corrected chi connectivity index (χ1v) is 10.4. The Morgan fingerprint density at radius 2 is 2.11 bits per heavy atom. The van der Waals surface area contributed by atoms with Crippen LogP contribution in [0.1, 0.15) is 37.5 Å². The van der Waals surface area contributed by atoms with Crippen LogP contribution in [0, 0.1) is 0 Å². The molecule has 0 radical (unpaired) electrons. The van der Waals surface area contributed by atoms with E-state index in [1.165, 1.54) is 22.7 Å². The second kappa shape index (κ2) is 7.38. The molecule has 0 aliphatic carbocycles. The zero-order valence-electron chi connectivity index (χ0n) is 15.1. The van der Waals surface area contributed by atoms with Crippen molar-refractivity contribution in [3.8, 4) is 0 Å². The molecule has 140 valence electrons. The topological polar surface area (TPSA) is 71.5 Å². The quantitative estimate of drug-likeness (QED) is 0.674. The molecule has 0 bridgehead atoms. The van der Waals surface area contributed by atoms with Crippen LogP contribution in [0.15, 0.2) is 24.3 Å². The molecule has 2 aromatic heterocycles. The van der Waals surface area contributed by atoms with Crippen LogP contribution in [0.25, 0.3) is 10.2 Å². The van der Waals surface area contributed by atoms with Crippen LogP contribution in [0.5, 0.6) is 0 Å². The van der Waals surface area contributed by atoms with Gasteiger partial charge >= 0.3 is 5.97 Å². The summed E-state index contributed by atoms with van der Waals surface area (Å²) in [5.41, 5.74) is 2.29. The number of aromatic nitrogens is 1. The van der Waals surface area contributed by atoms with Gasteiger partial charge in [-0.05, 0) is 38.1 Å². The highest BCUT2D eigenvalue weighted by atomic mass is 32.1. The number of amides is 1. The van der Waals surface area contributed by atoms with E-state index in [-0.39, 0.29) is 11.9 Å². The number of nitrogens with zero attached hydrogens (tertiary/aromatic N) is 2. The van der Waals surface area contributed by atoms with Crippen molar-refractivity contribution in [2.24, 2.45) is 0 Å². The van der Waals surface area contributed by atoms with E-state index in [0.717, 1.165) is 40.2 Å². The maximum absolute atomic E-state index is 12.8. The molecule has 0 saturated carbocycles. The molecule has 0 spiro atoms. The minimum absolute atomic E-state index is 0.298. The molecule has 4 rings (SSSR count). The van der Waals surface area contributed by atoms with E-state index in [0.29, 0.717) is 22.2 Å². The number of rotatable bonds is 4. The summed E-state index contributed by atoms with van der Waals surface area (Å²) in [6, 6.07) is 7.64. The number of ether oxygens (including phenoxy) is 1. The number of thiophene rings is 1. The van der Waals surface area contributed by atoms with Crippen LogP contribution < -0.4 is 5.32 Å². The van der Waals surface area contributed by atoms with Gasteiger partial charge in [0.2, 0.25) is 0 Å². The number of carbonyl (C=O) groups excluding carboxylic acids is 2. The zero-order chi connectivity index (χ0) is 19.0. The molecule has 1 aliphatic rings. The number of fused-ring (bicyclic) bond motifs is 2. The molecule has 27 heavy (non-hydrogen) atoms. The Bertz CT molecular complexity index is 992. The number of carbonyl (C=O) groups is 2. The Labute approximate surface area is 164 Å². The minimum atomic E-state index is -0.376. The summed E-state index contributed by atoms with van der Waals surface area (Å²) < 4.78 is 6.20. The summed E-state index contributed by atoms with van der Waals surface area (Å²) in [5, 5.41) is 3.84. The number of nitrogens with one attached hydrogen (secondary N) is 1. The molecule has 1 N–H and O–H groups in total. The average molecular weight is 402 g/mol. The molecule has 1 aromatic carbocycles. The van der Waals surface area contributed by atoms with Crippen LogP contribution in [0.2, 0.25) is 0 Å². The van der Waals surface area contributed by atoms with E-state index >= 15 is 0 Å². The zero-order valence-corrected chi connectivity index (χ0v) is 16.7. The van der Waals surface area contributed by atoms with Crippen molar-refractivity contribution in [3.63, 3.8) is 0 Å². The Morgan fingerprint density at radius 1 is 1.30 bits per heavy atom. The normalized spacial score (nSPS) is 14.1. The molecule has 1 aliphatic heterocycles. The average Bonchev–Trinajstić information content (AvgIpc) is 3.22. The van der Waals surface area contributed by atoms with Gasteiger partial charge in [-0.15, -0.1) is 22.7 Å². The van der Waals surface area contributed by atoms with Gasteiger partial charge in [0.15, 0.2) is 5.01 Å². The van der Waals surface area contributed by atoms with Crippen LogP contribution in [-0.2, 0) is 17.7 Å². The van der Waals surface area contributed by atoms with Crippen molar-refractivity contribution >= 4 is 49.8 Å². The smallest absolute Gasteiger partial charge is 0.341 e. The Hall–Kier alpha value is -2.29. The van der Waals surface area contributed by atoms with Crippen molar-refractivity contribution in [1.82, 2.24) is 9.88 Å². The third-order valence-corrected chi connectivity index (χ3v) is 6.61. The largest absolute Gasteiger partial charge is 0.462 e. The number of benzene rings is 1. The highest BCUT2D eigenvalue weighted by Crippen LogP contribution is 2.38. The van der Waals surface area contributed by atoms with Crippen molar-refractivity contribution in [1.29, 1.82) is 0 Å². The van der Waals surface area contributed by atoms with Gasteiger partial charge in [-0.25, -0.2) is 9.78 Å². The van der Waals surface area contributed by atoms with Crippen molar-refractivity contribution in [2.75, 3.05) is 25.5 Å². The monoisotopic (exact) mass is 401 g/mol. The van der Waals surface area contributed by atoms with Crippen LogP contribution in [0.4, 0.5) is 5.00 Å². The fourth-order valence-corrected chi connectivity index (χ4v) is 5.34. The summed E-state index contributed by atoms with van der Waals surface area (Å²) in [6.45, 7) is 3.73. The lowest BCUT2D eigenvalue weighted by molar-refractivity contribution is 0.0526. The second-order valence-corrected chi connectivity index (χ2v) is 8.49. The predicted molar refractivity (Wildman–Crippen MR) is 108 cm³/mol. The molecule has 0 fully saturated rings. The molecule has 3 aromatic rings.